The lowest BCUT2D eigenvalue weighted by Gasteiger charge is -2.09. The molecule has 0 amide bonds. The molecule has 0 saturated carbocycles. The van der Waals surface area contributed by atoms with Crippen LogP contribution in [0.15, 0.2) is 28.9 Å². The van der Waals surface area contributed by atoms with E-state index in [1.54, 1.807) is 11.8 Å². The Morgan fingerprint density at radius 1 is 1.38 bits per heavy atom. The molecule has 6 nitrogen and oxygen atoms in total. The summed E-state index contributed by atoms with van der Waals surface area (Å²) in [6, 6.07) is 5.62. The lowest BCUT2D eigenvalue weighted by molar-refractivity contribution is 0.287. The minimum absolute atomic E-state index is 0.523. The molecule has 1 aromatic carbocycles. The van der Waals surface area contributed by atoms with E-state index in [-0.39, 0.29) is 0 Å². The van der Waals surface area contributed by atoms with Crippen LogP contribution in [0.3, 0.4) is 0 Å². The molecule has 0 bridgehead atoms. The highest BCUT2D eigenvalue weighted by atomic mass is 79.9. The van der Waals surface area contributed by atoms with E-state index in [1.807, 2.05) is 24.4 Å². The van der Waals surface area contributed by atoms with Gasteiger partial charge in [0.1, 0.15) is 18.1 Å². The van der Waals surface area contributed by atoms with Crippen molar-refractivity contribution >= 4 is 15.9 Å². The lowest BCUT2D eigenvalue weighted by atomic mass is 10.3. The fourth-order valence-corrected chi connectivity index (χ4v) is 2.23. The molecule has 0 aliphatic rings. The van der Waals surface area contributed by atoms with Gasteiger partial charge in [-0.05, 0) is 40.7 Å². The van der Waals surface area contributed by atoms with E-state index in [0.29, 0.717) is 13.2 Å². The smallest absolute Gasteiger partial charge is 0.133 e. The van der Waals surface area contributed by atoms with Gasteiger partial charge < -0.3 is 14.8 Å². The van der Waals surface area contributed by atoms with Crippen molar-refractivity contribution in [1.82, 2.24) is 20.3 Å². The number of rotatable bonds is 8. The fraction of sp³-hybridized carbons (Fsp3) is 0.429. The number of benzene rings is 1. The molecule has 2 rings (SSSR count). The molecule has 21 heavy (non-hydrogen) atoms. The van der Waals surface area contributed by atoms with Crippen LogP contribution in [0.5, 0.6) is 11.5 Å². The van der Waals surface area contributed by atoms with Crippen LogP contribution < -0.4 is 14.8 Å². The van der Waals surface area contributed by atoms with Crippen molar-refractivity contribution < 1.29 is 9.47 Å². The summed E-state index contributed by atoms with van der Waals surface area (Å²) in [5.41, 5.74) is 0.933. The molecule has 7 heteroatoms. The molecule has 0 atom stereocenters. The molecule has 0 fully saturated rings. The average molecular weight is 355 g/mol. The maximum atomic E-state index is 5.72. The first-order chi connectivity index (χ1) is 10.2. The Bertz CT molecular complexity index is 574. The van der Waals surface area contributed by atoms with E-state index < -0.39 is 0 Å². The summed E-state index contributed by atoms with van der Waals surface area (Å²) in [5, 5.41) is 11.4. The predicted molar refractivity (Wildman–Crippen MR) is 83.6 cm³/mol. The van der Waals surface area contributed by atoms with Crippen molar-refractivity contribution in [2.75, 3.05) is 20.3 Å². The first kappa shape index (κ1) is 15.8. The zero-order chi connectivity index (χ0) is 15.1. The van der Waals surface area contributed by atoms with Crippen LogP contribution >= 0.6 is 15.9 Å². The Morgan fingerprint density at radius 3 is 2.95 bits per heavy atom. The van der Waals surface area contributed by atoms with Gasteiger partial charge in [-0.2, -0.15) is 0 Å². The van der Waals surface area contributed by atoms with Gasteiger partial charge in [0.2, 0.25) is 0 Å². The third-order valence-electron chi connectivity index (χ3n) is 2.86. The van der Waals surface area contributed by atoms with E-state index in [2.05, 4.69) is 38.5 Å². The molecule has 1 aromatic heterocycles. The maximum Gasteiger partial charge on any atom is 0.133 e. The number of halogens is 1. The van der Waals surface area contributed by atoms with Crippen molar-refractivity contribution in [2.24, 2.45) is 0 Å². The van der Waals surface area contributed by atoms with E-state index >= 15 is 0 Å². The Morgan fingerprint density at radius 2 is 2.24 bits per heavy atom. The quantitative estimate of drug-likeness (QED) is 0.787. The molecule has 0 radical (unpaired) electrons. The van der Waals surface area contributed by atoms with E-state index in [4.69, 9.17) is 9.47 Å². The highest BCUT2D eigenvalue weighted by molar-refractivity contribution is 9.10. The fourth-order valence-electron chi connectivity index (χ4n) is 1.76. The summed E-state index contributed by atoms with van der Waals surface area (Å²) < 4.78 is 13.5. The monoisotopic (exact) mass is 354 g/mol. The van der Waals surface area contributed by atoms with Crippen LogP contribution in [-0.4, -0.2) is 35.3 Å². The summed E-state index contributed by atoms with van der Waals surface area (Å²) >= 11 is 3.46. The number of ether oxygens (including phenoxy) is 2. The van der Waals surface area contributed by atoms with E-state index in [9.17, 15) is 0 Å². The molecule has 2 aromatic rings. The molecule has 1 N–H and O–H groups in total. The van der Waals surface area contributed by atoms with Gasteiger partial charge in [0.15, 0.2) is 0 Å². The third kappa shape index (κ3) is 4.71. The molecule has 0 unspecified atom stereocenters. The molecular weight excluding hydrogens is 336 g/mol. The van der Waals surface area contributed by atoms with Crippen LogP contribution in [0.4, 0.5) is 0 Å². The maximum absolute atomic E-state index is 5.72. The van der Waals surface area contributed by atoms with Gasteiger partial charge in [-0.15, -0.1) is 5.10 Å². The van der Waals surface area contributed by atoms with Crippen molar-refractivity contribution in [3.8, 4) is 11.5 Å². The molecule has 0 spiro atoms. The van der Waals surface area contributed by atoms with Crippen molar-refractivity contribution in [2.45, 2.75) is 20.0 Å². The zero-order valence-electron chi connectivity index (χ0n) is 12.2. The highest BCUT2D eigenvalue weighted by Gasteiger charge is 2.04. The van der Waals surface area contributed by atoms with E-state index in [1.165, 1.54) is 0 Å². The summed E-state index contributed by atoms with van der Waals surface area (Å²) in [7, 11) is 1.64. The molecule has 0 aliphatic carbocycles. The Labute approximate surface area is 132 Å². The van der Waals surface area contributed by atoms with Gasteiger partial charge in [0.25, 0.3) is 0 Å². The summed E-state index contributed by atoms with van der Waals surface area (Å²) in [6.45, 7) is 4.89. The summed E-state index contributed by atoms with van der Waals surface area (Å²) in [6.07, 6.45) is 1.93. The second kappa shape index (κ2) is 7.99. The number of aromatic nitrogens is 3. The number of hydrogen-bond donors (Lipinski definition) is 1. The average Bonchev–Trinajstić information content (AvgIpc) is 2.94. The number of methoxy groups -OCH3 is 1. The first-order valence-electron chi connectivity index (χ1n) is 6.79. The van der Waals surface area contributed by atoms with Gasteiger partial charge in [-0.3, -0.25) is 0 Å². The summed E-state index contributed by atoms with van der Waals surface area (Å²) in [5.74, 6) is 1.57. The Balaban J connectivity index is 1.82. The largest absolute Gasteiger partial charge is 0.497 e. The van der Waals surface area contributed by atoms with Crippen LogP contribution in [0, 0.1) is 0 Å². The third-order valence-corrected chi connectivity index (χ3v) is 3.48. The van der Waals surface area contributed by atoms with Crippen LogP contribution in [-0.2, 0) is 13.1 Å². The highest BCUT2D eigenvalue weighted by Crippen LogP contribution is 2.28. The van der Waals surface area contributed by atoms with Gasteiger partial charge >= 0.3 is 0 Å². The van der Waals surface area contributed by atoms with Crippen molar-refractivity contribution in [3.63, 3.8) is 0 Å². The van der Waals surface area contributed by atoms with E-state index in [0.717, 1.165) is 34.8 Å². The SMILES string of the molecule is CCNCc1cn(CCOc2ccc(OC)cc2Br)nn1. The van der Waals surface area contributed by atoms with Gasteiger partial charge in [-0.25, -0.2) is 4.68 Å². The second-order valence-electron chi connectivity index (χ2n) is 4.40. The van der Waals surface area contributed by atoms with Gasteiger partial charge in [0, 0.05) is 12.7 Å². The summed E-state index contributed by atoms with van der Waals surface area (Å²) in [4.78, 5) is 0. The minimum Gasteiger partial charge on any atom is -0.497 e. The molecule has 0 aliphatic heterocycles. The topological polar surface area (TPSA) is 61.2 Å². The first-order valence-corrected chi connectivity index (χ1v) is 7.58. The normalized spacial score (nSPS) is 10.6. The van der Waals surface area contributed by atoms with Crippen molar-refractivity contribution in [3.05, 3.63) is 34.6 Å². The van der Waals surface area contributed by atoms with Gasteiger partial charge in [-0.1, -0.05) is 12.1 Å². The standard InChI is InChI=1S/C14H19BrN4O2/c1-3-16-9-11-10-19(18-17-11)6-7-21-14-5-4-12(20-2)8-13(14)15/h4-5,8,10,16H,3,6-7,9H2,1-2H3. The molecule has 0 saturated heterocycles. The molecule has 1 heterocycles. The second-order valence-corrected chi connectivity index (χ2v) is 5.25. The van der Waals surface area contributed by atoms with Crippen LogP contribution in [0.25, 0.3) is 0 Å². The minimum atomic E-state index is 0.523. The zero-order valence-corrected chi connectivity index (χ0v) is 13.8. The van der Waals surface area contributed by atoms with Crippen molar-refractivity contribution in [1.29, 1.82) is 0 Å². The molecule has 114 valence electrons. The number of nitrogens with zero attached hydrogens (tertiary/aromatic N) is 3. The Kier molecular flexibility index (Phi) is 6.01. The molecular formula is C14H19BrN4O2. The van der Waals surface area contributed by atoms with Crippen LogP contribution in [0.2, 0.25) is 0 Å². The number of hydrogen-bond acceptors (Lipinski definition) is 5. The Hall–Kier alpha value is -1.60. The van der Waals surface area contributed by atoms with Crippen LogP contribution in [0.1, 0.15) is 12.6 Å². The lowest BCUT2D eigenvalue weighted by Crippen LogP contribution is -2.12. The van der Waals surface area contributed by atoms with Gasteiger partial charge in [0.05, 0.1) is 23.8 Å². The predicted octanol–water partition coefficient (Wildman–Crippen LogP) is 2.24. The number of nitrogens with one attached hydrogen (secondary N) is 1.